The van der Waals surface area contributed by atoms with Crippen molar-refractivity contribution in [3.8, 4) is 0 Å². The summed E-state index contributed by atoms with van der Waals surface area (Å²) >= 11 is 0. The first kappa shape index (κ1) is 14.4. The van der Waals surface area contributed by atoms with E-state index < -0.39 is 21.7 Å². The van der Waals surface area contributed by atoms with Gasteiger partial charge in [0.1, 0.15) is 15.7 Å². The normalized spacial score (nSPS) is 11.1. The topological polar surface area (TPSA) is 75.3 Å². The van der Waals surface area contributed by atoms with Gasteiger partial charge in [0, 0.05) is 18.5 Å². The zero-order valence-electron chi connectivity index (χ0n) is 10.2. The number of urea groups is 1. The Kier molecular flexibility index (Phi) is 4.66. The van der Waals surface area contributed by atoms with Crippen LogP contribution in [-0.4, -0.2) is 33.0 Å². The minimum atomic E-state index is -3.11. The molecule has 0 saturated heterocycles. The van der Waals surface area contributed by atoms with Gasteiger partial charge >= 0.3 is 6.03 Å². The van der Waals surface area contributed by atoms with E-state index >= 15 is 0 Å². The van der Waals surface area contributed by atoms with Crippen LogP contribution < -0.4 is 10.6 Å². The summed E-state index contributed by atoms with van der Waals surface area (Å²) < 4.78 is 34.7. The quantitative estimate of drug-likeness (QED) is 0.869. The van der Waals surface area contributed by atoms with E-state index in [4.69, 9.17) is 0 Å². The van der Waals surface area contributed by atoms with Crippen molar-refractivity contribution in [2.24, 2.45) is 0 Å². The highest BCUT2D eigenvalue weighted by molar-refractivity contribution is 7.90. The van der Waals surface area contributed by atoms with E-state index in [1.165, 1.54) is 12.1 Å². The summed E-state index contributed by atoms with van der Waals surface area (Å²) in [4.78, 5) is 11.4. The number of sulfone groups is 1. The lowest BCUT2D eigenvalue weighted by molar-refractivity contribution is 0.252. The van der Waals surface area contributed by atoms with Crippen molar-refractivity contribution in [1.82, 2.24) is 5.32 Å². The fraction of sp³-hybridized carbons (Fsp3) is 0.364. The van der Waals surface area contributed by atoms with Crippen LogP contribution in [0, 0.1) is 12.7 Å². The Bertz CT molecular complexity index is 523. The number of carbonyl (C=O) groups excluding carboxylic acids is 1. The standard InChI is InChI=1S/C11H15FN2O3S/c1-8-5-9(12)7-10(6-8)14-11(15)13-3-4-18(2,16)17/h5-7H,3-4H2,1-2H3,(H2,13,14,15). The Morgan fingerprint density at radius 3 is 2.56 bits per heavy atom. The summed E-state index contributed by atoms with van der Waals surface area (Å²) in [5, 5.41) is 4.80. The molecule has 0 aliphatic rings. The number of rotatable bonds is 4. The van der Waals surface area contributed by atoms with Crippen molar-refractivity contribution >= 4 is 21.6 Å². The Morgan fingerprint density at radius 2 is 2.00 bits per heavy atom. The fourth-order valence-corrected chi connectivity index (χ4v) is 1.81. The summed E-state index contributed by atoms with van der Waals surface area (Å²) in [7, 11) is -3.11. The molecule has 0 atom stereocenters. The van der Waals surface area contributed by atoms with E-state index in [2.05, 4.69) is 10.6 Å². The Morgan fingerprint density at radius 1 is 1.33 bits per heavy atom. The van der Waals surface area contributed by atoms with E-state index in [1.54, 1.807) is 13.0 Å². The minimum absolute atomic E-state index is 0.0129. The molecule has 0 fully saturated rings. The highest BCUT2D eigenvalue weighted by atomic mass is 32.2. The van der Waals surface area contributed by atoms with Crippen LogP contribution >= 0.6 is 0 Å². The van der Waals surface area contributed by atoms with Gasteiger partial charge in [-0.15, -0.1) is 0 Å². The third-order valence-corrected chi connectivity index (χ3v) is 3.00. The molecular weight excluding hydrogens is 259 g/mol. The second kappa shape index (κ2) is 5.81. The lowest BCUT2D eigenvalue weighted by Gasteiger charge is -2.08. The van der Waals surface area contributed by atoms with Crippen molar-refractivity contribution in [2.75, 3.05) is 23.9 Å². The predicted molar refractivity (Wildman–Crippen MR) is 67.9 cm³/mol. The van der Waals surface area contributed by atoms with Gasteiger partial charge in [0.25, 0.3) is 0 Å². The van der Waals surface area contributed by atoms with E-state index in [0.717, 1.165) is 6.26 Å². The molecule has 2 N–H and O–H groups in total. The predicted octanol–water partition coefficient (Wildman–Crippen LogP) is 1.30. The summed E-state index contributed by atoms with van der Waals surface area (Å²) in [5.41, 5.74) is 1.01. The van der Waals surface area contributed by atoms with Crippen LogP contribution in [0.3, 0.4) is 0 Å². The van der Waals surface area contributed by atoms with Gasteiger partial charge in [0.05, 0.1) is 5.75 Å². The van der Waals surface area contributed by atoms with Gasteiger partial charge in [0.2, 0.25) is 0 Å². The number of benzene rings is 1. The Balaban J connectivity index is 2.49. The molecule has 0 radical (unpaired) electrons. The first-order chi connectivity index (χ1) is 8.26. The van der Waals surface area contributed by atoms with Crippen molar-refractivity contribution in [3.05, 3.63) is 29.6 Å². The van der Waals surface area contributed by atoms with Crippen molar-refractivity contribution < 1.29 is 17.6 Å². The molecule has 0 heterocycles. The highest BCUT2D eigenvalue weighted by Gasteiger charge is 2.06. The monoisotopic (exact) mass is 274 g/mol. The number of amides is 2. The number of aryl methyl sites for hydroxylation is 1. The molecule has 1 aromatic carbocycles. The van der Waals surface area contributed by atoms with E-state index in [9.17, 15) is 17.6 Å². The van der Waals surface area contributed by atoms with E-state index in [0.29, 0.717) is 11.3 Å². The average Bonchev–Trinajstić information content (AvgIpc) is 2.12. The van der Waals surface area contributed by atoms with Crippen LogP contribution in [0.1, 0.15) is 5.56 Å². The van der Waals surface area contributed by atoms with Gasteiger partial charge < -0.3 is 10.6 Å². The molecule has 0 aliphatic heterocycles. The molecule has 1 aromatic rings. The summed E-state index contributed by atoms with van der Waals surface area (Å²) in [6.07, 6.45) is 1.09. The zero-order chi connectivity index (χ0) is 13.8. The zero-order valence-corrected chi connectivity index (χ0v) is 11.0. The first-order valence-corrected chi connectivity index (χ1v) is 7.32. The van der Waals surface area contributed by atoms with Gasteiger partial charge in [0.15, 0.2) is 0 Å². The molecule has 0 saturated carbocycles. The fourth-order valence-electron chi connectivity index (χ4n) is 1.33. The van der Waals surface area contributed by atoms with Gasteiger partial charge in [-0.2, -0.15) is 0 Å². The minimum Gasteiger partial charge on any atom is -0.337 e. The molecule has 0 spiro atoms. The van der Waals surface area contributed by atoms with Gasteiger partial charge in [-0.3, -0.25) is 0 Å². The second-order valence-corrected chi connectivity index (χ2v) is 6.29. The summed E-state index contributed by atoms with van der Waals surface area (Å²) in [6.45, 7) is 1.72. The van der Waals surface area contributed by atoms with Crippen LogP contribution in [0.15, 0.2) is 18.2 Å². The third kappa shape index (κ3) is 5.62. The summed E-state index contributed by atoms with van der Waals surface area (Å²) in [5.74, 6) is -0.579. The van der Waals surface area contributed by atoms with Crippen LogP contribution in [0.2, 0.25) is 0 Å². The maximum absolute atomic E-state index is 13.0. The number of hydrogen-bond acceptors (Lipinski definition) is 3. The Labute approximate surface area is 105 Å². The SMILES string of the molecule is Cc1cc(F)cc(NC(=O)NCCS(C)(=O)=O)c1. The van der Waals surface area contributed by atoms with Crippen LogP contribution in [-0.2, 0) is 9.84 Å². The van der Waals surface area contributed by atoms with Gasteiger partial charge in [-0.05, 0) is 30.7 Å². The van der Waals surface area contributed by atoms with Crippen LogP contribution in [0.5, 0.6) is 0 Å². The van der Waals surface area contributed by atoms with E-state index in [1.807, 2.05) is 0 Å². The van der Waals surface area contributed by atoms with E-state index in [-0.39, 0.29) is 12.3 Å². The average molecular weight is 274 g/mol. The highest BCUT2D eigenvalue weighted by Crippen LogP contribution is 2.12. The largest absolute Gasteiger partial charge is 0.337 e. The van der Waals surface area contributed by atoms with Crippen molar-refractivity contribution in [1.29, 1.82) is 0 Å². The number of halogens is 1. The lowest BCUT2D eigenvalue weighted by atomic mass is 10.2. The van der Waals surface area contributed by atoms with Crippen molar-refractivity contribution in [2.45, 2.75) is 6.92 Å². The third-order valence-electron chi connectivity index (χ3n) is 2.06. The Hall–Kier alpha value is -1.63. The van der Waals surface area contributed by atoms with Crippen LogP contribution in [0.4, 0.5) is 14.9 Å². The molecule has 100 valence electrons. The molecule has 5 nitrogen and oxygen atoms in total. The number of anilines is 1. The maximum Gasteiger partial charge on any atom is 0.319 e. The molecule has 0 unspecified atom stereocenters. The van der Waals surface area contributed by atoms with Gasteiger partial charge in [-0.25, -0.2) is 17.6 Å². The van der Waals surface area contributed by atoms with Crippen molar-refractivity contribution in [3.63, 3.8) is 0 Å². The second-order valence-electron chi connectivity index (χ2n) is 4.03. The number of carbonyl (C=O) groups is 1. The van der Waals surface area contributed by atoms with Crippen LogP contribution in [0.25, 0.3) is 0 Å². The molecular formula is C11H15FN2O3S. The molecule has 0 bridgehead atoms. The first-order valence-electron chi connectivity index (χ1n) is 5.26. The summed E-state index contributed by atoms with van der Waals surface area (Å²) in [6, 6.07) is 3.57. The molecule has 1 rings (SSSR count). The molecule has 2 amide bonds. The molecule has 0 aliphatic carbocycles. The lowest BCUT2D eigenvalue weighted by Crippen LogP contribution is -2.32. The number of nitrogens with one attached hydrogen (secondary N) is 2. The molecule has 0 aromatic heterocycles. The smallest absolute Gasteiger partial charge is 0.319 e. The number of hydrogen-bond donors (Lipinski definition) is 2. The molecule has 18 heavy (non-hydrogen) atoms. The maximum atomic E-state index is 13.0. The molecule has 7 heteroatoms. The van der Waals surface area contributed by atoms with Gasteiger partial charge in [-0.1, -0.05) is 0 Å².